The Morgan fingerprint density at radius 3 is 2.28 bits per heavy atom. The second kappa shape index (κ2) is 8.07. The van der Waals surface area contributed by atoms with E-state index >= 15 is 0 Å². The molecule has 164 valence electrons. The van der Waals surface area contributed by atoms with Gasteiger partial charge in [0.1, 0.15) is 17.3 Å². The molecule has 0 unspecified atom stereocenters. The molecular weight excluding hydrogens is 422 g/mol. The zero-order chi connectivity index (χ0) is 22.3. The summed E-state index contributed by atoms with van der Waals surface area (Å²) in [5.74, 6) is 2.28. The number of fused-ring (bicyclic) bond motifs is 2. The Kier molecular flexibility index (Phi) is 5.23. The third-order valence-corrected chi connectivity index (χ3v) is 7.98. The first-order valence-corrected chi connectivity index (χ1v) is 12.1. The highest BCUT2D eigenvalue weighted by molar-refractivity contribution is 7.89. The van der Waals surface area contributed by atoms with Crippen LogP contribution in [0.4, 0.5) is 5.69 Å². The van der Waals surface area contributed by atoms with Crippen molar-refractivity contribution in [1.29, 1.82) is 0 Å². The first kappa shape index (κ1) is 20.7. The SMILES string of the molecule is Cc1ccc(S(=O)(=O)N2CCN(C3=Nc4ccccc4Oc4ccccc43)CC2)c(C)c1. The molecule has 6 nitrogen and oxygen atoms in total. The second-order valence-corrected chi connectivity index (χ2v) is 10.1. The summed E-state index contributed by atoms with van der Waals surface area (Å²) in [5, 5.41) is 0. The number of aliphatic imine (C=N–C) groups is 1. The van der Waals surface area contributed by atoms with E-state index in [0.29, 0.717) is 36.8 Å². The molecule has 3 aromatic carbocycles. The Balaban J connectivity index is 1.43. The number of hydrogen-bond acceptors (Lipinski definition) is 5. The maximum Gasteiger partial charge on any atom is 0.243 e. The molecule has 2 aliphatic heterocycles. The number of hydrogen-bond donors (Lipinski definition) is 0. The van der Waals surface area contributed by atoms with Crippen LogP contribution in [0.25, 0.3) is 0 Å². The highest BCUT2D eigenvalue weighted by atomic mass is 32.2. The van der Waals surface area contributed by atoms with Crippen molar-refractivity contribution >= 4 is 21.5 Å². The van der Waals surface area contributed by atoms with Gasteiger partial charge in [-0.05, 0) is 49.7 Å². The van der Waals surface area contributed by atoms with E-state index in [1.807, 2.05) is 74.5 Å². The van der Waals surface area contributed by atoms with E-state index in [9.17, 15) is 8.42 Å². The van der Waals surface area contributed by atoms with Crippen molar-refractivity contribution in [2.45, 2.75) is 18.7 Å². The van der Waals surface area contributed by atoms with Gasteiger partial charge in [-0.2, -0.15) is 4.31 Å². The summed E-state index contributed by atoms with van der Waals surface area (Å²) in [6.07, 6.45) is 0. The van der Waals surface area contributed by atoms with Gasteiger partial charge in [0.2, 0.25) is 10.0 Å². The van der Waals surface area contributed by atoms with Crippen molar-refractivity contribution in [3.05, 3.63) is 83.4 Å². The highest BCUT2D eigenvalue weighted by Gasteiger charge is 2.32. The minimum absolute atomic E-state index is 0.385. The fraction of sp³-hybridized carbons (Fsp3) is 0.240. The van der Waals surface area contributed by atoms with E-state index < -0.39 is 10.0 Å². The number of nitrogens with zero attached hydrogens (tertiary/aromatic N) is 3. The average molecular weight is 448 g/mol. The number of rotatable bonds is 2. The van der Waals surface area contributed by atoms with Gasteiger partial charge in [-0.25, -0.2) is 13.4 Å². The normalized spacial score (nSPS) is 16.4. The molecule has 5 rings (SSSR count). The van der Waals surface area contributed by atoms with E-state index in [0.717, 1.165) is 34.0 Å². The standard InChI is InChI=1S/C25H25N3O3S/c1-18-11-12-24(19(2)17-18)32(29,30)28-15-13-27(14-16-28)25-20-7-3-5-9-22(20)31-23-10-6-4-8-21(23)26-25/h3-12,17H,13-16H2,1-2H3. The number of amidine groups is 1. The van der Waals surface area contributed by atoms with Crippen LogP contribution in [0.1, 0.15) is 16.7 Å². The molecule has 0 bridgehead atoms. The van der Waals surface area contributed by atoms with E-state index in [1.165, 1.54) is 0 Å². The number of sulfonamides is 1. The van der Waals surface area contributed by atoms with Gasteiger partial charge >= 0.3 is 0 Å². The number of piperazine rings is 1. The van der Waals surface area contributed by atoms with Crippen molar-refractivity contribution in [2.75, 3.05) is 26.2 Å². The van der Waals surface area contributed by atoms with E-state index in [-0.39, 0.29) is 0 Å². The van der Waals surface area contributed by atoms with Gasteiger partial charge in [-0.1, -0.05) is 42.0 Å². The van der Waals surface area contributed by atoms with Gasteiger partial charge in [0, 0.05) is 26.2 Å². The van der Waals surface area contributed by atoms with Crippen molar-refractivity contribution in [1.82, 2.24) is 9.21 Å². The molecule has 2 aliphatic rings. The molecule has 1 fully saturated rings. The molecule has 0 aliphatic carbocycles. The monoisotopic (exact) mass is 447 g/mol. The molecule has 0 amide bonds. The fourth-order valence-electron chi connectivity index (χ4n) is 4.28. The second-order valence-electron chi connectivity index (χ2n) is 8.16. The summed E-state index contributed by atoms with van der Waals surface area (Å²) >= 11 is 0. The summed E-state index contributed by atoms with van der Waals surface area (Å²) in [6.45, 7) is 5.73. The van der Waals surface area contributed by atoms with Crippen LogP contribution in [-0.4, -0.2) is 49.6 Å². The minimum atomic E-state index is -3.54. The van der Waals surface area contributed by atoms with Crippen LogP contribution < -0.4 is 4.74 Å². The zero-order valence-electron chi connectivity index (χ0n) is 18.2. The molecule has 7 heteroatoms. The van der Waals surface area contributed by atoms with Crippen LogP contribution in [0.15, 0.2) is 76.6 Å². The maximum absolute atomic E-state index is 13.3. The Morgan fingerprint density at radius 2 is 1.53 bits per heavy atom. The predicted octanol–water partition coefficient (Wildman–Crippen LogP) is 4.49. The van der Waals surface area contributed by atoms with Gasteiger partial charge in [0.25, 0.3) is 0 Å². The molecule has 0 N–H and O–H groups in total. The van der Waals surface area contributed by atoms with Crippen molar-refractivity contribution in [3.63, 3.8) is 0 Å². The van der Waals surface area contributed by atoms with Gasteiger partial charge in [-0.15, -0.1) is 0 Å². The van der Waals surface area contributed by atoms with Gasteiger partial charge in [0.15, 0.2) is 5.75 Å². The van der Waals surface area contributed by atoms with Crippen LogP contribution in [0.5, 0.6) is 11.5 Å². The summed E-state index contributed by atoms with van der Waals surface area (Å²) in [7, 11) is -3.54. The Morgan fingerprint density at radius 1 is 0.844 bits per heavy atom. The average Bonchev–Trinajstić information content (AvgIpc) is 2.95. The van der Waals surface area contributed by atoms with E-state index in [2.05, 4.69) is 4.90 Å². The highest BCUT2D eigenvalue weighted by Crippen LogP contribution is 2.38. The Labute approximate surface area is 188 Å². The van der Waals surface area contributed by atoms with Crippen molar-refractivity contribution in [3.8, 4) is 11.5 Å². The molecular formula is C25H25N3O3S. The summed E-state index contributed by atoms with van der Waals surface area (Å²) in [5.41, 5.74) is 3.51. The molecule has 0 radical (unpaired) electrons. The fourth-order valence-corrected chi connectivity index (χ4v) is 5.91. The van der Waals surface area contributed by atoms with Crippen LogP contribution in [0.2, 0.25) is 0 Å². The number of ether oxygens (including phenoxy) is 1. The molecule has 2 heterocycles. The van der Waals surface area contributed by atoms with Crippen molar-refractivity contribution in [2.24, 2.45) is 4.99 Å². The molecule has 0 aromatic heterocycles. The molecule has 1 saturated heterocycles. The zero-order valence-corrected chi connectivity index (χ0v) is 19.0. The lowest BCUT2D eigenvalue weighted by Gasteiger charge is -2.36. The maximum atomic E-state index is 13.3. The van der Waals surface area contributed by atoms with E-state index in [1.54, 1.807) is 10.4 Å². The van der Waals surface area contributed by atoms with Gasteiger partial charge < -0.3 is 9.64 Å². The van der Waals surface area contributed by atoms with Crippen LogP contribution >= 0.6 is 0 Å². The Hall–Kier alpha value is -3.16. The molecule has 0 saturated carbocycles. The first-order chi connectivity index (χ1) is 15.4. The molecule has 3 aromatic rings. The van der Waals surface area contributed by atoms with Crippen LogP contribution in [0.3, 0.4) is 0 Å². The van der Waals surface area contributed by atoms with E-state index in [4.69, 9.17) is 9.73 Å². The Bertz CT molecular complexity index is 1310. The minimum Gasteiger partial charge on any atom is -0.454 e. The summed E-state index contributed by atoms with van der Waals surface area (Å²) in [6, 6.07) is 21.0. The lowest BCUT2D eigenvalue weighted by Crippen LogP contribution is -2.50. The van der Waals surface area contributed by atoms with Crippen molar-refractivity contribution < 1.29 is 13.2 Å². The molecule has 0 atom stereocenters. The summed E-state index contributed by atoms with van der Waals surface area (Å²) < 4.78 is 34.3. The molecule has 32 heavy (non-hydrogen) atoms. The van der Waals surface area contributed by atoms with Gasteiger partial charge in [-0.3, -0.25) is 0 Å². The van der Waals surface area contributed by atoms with Crippen LogP contribution in [0, 0.1) is 13.8 Å². The third kappa shape index (κ3) is 3.67. The smallest absolute Gasteiger partial charge is 0.243 e. The summed E-state index contributed by atoms with van der Waals surface area (Å²) in [4.78, 5) is 7.46. The topological polar surface area (TPSA) is 62.2 Å². The molecule has 0 spiro atoms. The lowest BCUT2D eigenvalue weighted by atomic mass is 10.1. The number of para-hydroxylation sites is 3. The van der Waals surface area contributed by atoms with Gasteiger partial charge in [0.05, 0.1) is 10.5 Å². The van der Waals surface area contributed by atoms with Crippen LogP contribution in [-0.2, 0) is 10.0 Å². The largest absolute Gasteiger partial charge is 0.454 e. The number of aryl methyl sites for hydroxylation is 2. The number of benzene rings is 3. The first-order valence-electron chi connectivity index (χ1n) is 10.7. The quantitative estimate of drug-likeness (QED) is 0.581. The third-order valence-electron chi connectivity index (χ3n) is 5.93. The lowest BCUT2D eigenvalue weighted by molar-refractivity contribution is 0.266. The predicted molar refractivity (Wildman–Crippen MR) is 125 cm³/mol.